The lowest BCUT2D eigenvalue weighted by Crippen LogP contribution is -2.28. The third kappa shape index (κ3) is 4.22. The molecule has 26 heavy (non-hydrogen) atoms. The molecule has 1 aromatic heterocycles. The van der Waals surface area contributed by atoms with E-state index in [9.17, 15) is 19.7 Å². The zero-order valence-corrected chi connectivity index (χ0v) is 14.3. The Morgan fingerprint density at radius 3 is 2.62 bits per heavy atom. The first kappa shape index (κ1) is 17.6. The highest BCUT2D eigenvalue weighted by Crippen LogP contribution is 2.29. The molecule has 1 N–H and O–H groups in total. The fraction of sp³-hybridized carbons (Fsp3) is 0.111. The Labute approximate surface area is 152 Å². The lowest BCUT2D eigenvalue weighted by molar-refractivity contribution is -0.384. The Bertz CT molecular complexity index is 968. The maximum absolute atomic E-state index is 12.1. The smallest absolute Gasteiger partial charge is 0.348 e. The normalized spacial score (nSPS) is 10.5. The molecule has 0 atom stereocenters. The maximum Gasteiger partial charge on any atom is 0.348 e. The molecule has 1 heterocycles. The highest BCUT2D eigenvalue weighted by atomic mass is 32.1. The Balaban J connectivity index is 1.56. The third-order valence-corrected chi connectivity index (χ3v) is 4.67. The van der Waals surface area contributed by atoms with Crippen LogP contribution in [0.5, 0.6) is 0 Å². The second-order valence-electron chi connectivity index (χ2n) is 5.43. The van der Waals surface area contributed by atoms with Crippen molar-refractivity contribution >= 4 is 39.0 Å². The van der Waals surface area contributed by atoms with E-state index in [1.54, 1.807) is 6.07 Å². The number of hydrogen-bond acceptors (Lipinski definition) is 6. The molecule has 0 radical (unpaired) electrons. The lowest BCUT2D eigenvalue weighted by Gasteiger charge is -2.05. The third-order valence-electron chi connectivity index (χ3n) is 3.58. The number of thiophene rings is 1. The van der Waals surface area contributed by atoms with Crippen molar-refractivity contribution in [3.63, 3.8) is 0 Å². The fourth-order valence-corrected chi connectivity index (χ4v) is 3.23. The van der Waals surface area contributed by atoms with Crippen molar-refractivity contribution in [2.24, 2.45) is 0 Å². The van der Waals surface area contributed by atoms with E-state index in [2.05, 4.69) is 5.32 Å². The molecule has 0 saturated carbocycles. The van der Waals surface area contributed by atoms with E-state index >= 15 is 0 Å². The van der Waals surface area contributed by atoms with Gasteiger partial charge in [-0.05, 0) is 17.7 Å². The minimum atomic E-state index is -0.635. The SMILES string of the molecule is O=C(COC(=O)c1cc2cc([N+](=O)[O-])ccc2s1)NCc1ccccc1. The van der Waals surface area contributed by atoms with Crippen LogP contribution in [-0.4, -0.2) is 23.4 Å². The molecule has 0 fully saturated rings. The number of benzene rings is 2. The molecule has 0 aliphatic rings. The molecular formula is C18H14N2O5S. The molecule has 3 rings (SSSR count). The molecule has 0 bridgehead atoms. The predicted molar refractivity (Wildman–Crippen MR) is 97.1 cm³/mol. The van der Waals surface area contributed by atoms with Gasteiger partial charge >= 0.3 is 5.97 Å². The molecule has 0 aliphatic heterocycles. The second-order valence-corrected chi connectivity index (χ2v) is 6.51. The molecule has 0 spiro atoms. The van der Waals surface area contributed by atoms with Crippen molar-refractivity contribution in [2.75, 3.05) is 6.61 Å². The van der Waals surface area contributed by atoms with Crippen molar-refractivity contribution in [3.05, 3.63) is 75.2 Å². The quantitative estimate of drug-likeness (QED) is 0.408. The monoisotopic (exact) mass is 370 g/mol. The highest BCUT2D eigenvalue weighted by Gasteiger charge is 2.15. The Kier molecular flexibility index (Phi) is 5.23. The number of nitrogens with zero attached hydrogens (tertiary/aromatic N) is 1. The number of nitro benzene ring substituents is 1. The lowest BCUT2D eigenvalue weighted by atomic mass is 10.2. The van der Waals surface area contributed by atoms with Crippen molar-refractivity contribution in [3.8, 4) is 0 Å². The molecule has 0 unspecified atom stereocenters. The number of hydrogen-bond donors (Lipinski definition) is 1. The average Bonchev–Trinajstić information content (AvgIpc) is 3.08. The summed E-state index contributed by atoms with van der Waals surface area (Å²) in [5.41, 5.74) is 0.897. The number of nitrogens with one attached hydrogen (secondary N) is 1. The van der Waals surface area contributed by atoms with E-state index in [4.69, 9.17) is 4.74 Å². The zero-order valence-electron chi connectivity index (χ0n) is 13.5. The van der Waals surface area contributed by atoms with Gasteiger partial charge < -0.3 is 10.1 Å². The van der Waals surface area contributed by atoms with Crippen LogP contribution in [0.4, 0.5) is 5.69 Å². The van der Waals surface area contributed by atoms with Crippen LogP contribution in [0.3, 0.4) is 0 Å². The number of esters is 1. The van der Waals surface area contributed by atoms with E-state index in [1.807, 2.05) is 30.3 Å². The van der Waals surface area contributed by atoms with Crippen molar-refractivity contribution in [2.45, 2.75) is 6.54 Å². The van der Waals surface area contributed by atoms with Gasteiger partial charge in [0, 0.05) is 28.8 Å². The number of ether oxygens (including phenoxy) is 1. The van der Waals surface area contributed by atoms with Gasteiger partial charge in [-0.2, -0.15) is 0 Å². The van der Waals surface area contributed by atoms with Gasteiger partial charge in [0.25, 0.3) is 11.6 Å². The summed E-state index contributed by atoms with van der Waals surface area (Å²) in [6.45, 7) is -0.0379. The molecule has 7 nitrogen and oxygen atoms in total. The molecule has 8 heteroatoms. The predicted octanol–water partition coefficient (Wildman–Crippen LogP) is 3.28. The van der Waals surface area contributed by atoms with Gasteiger partial charge in [-0.15, -0.1) is 11.3 Å². The van der Waals surface area contributed by atoms with Gasteiger partial charge in [0.1, 0.15) is 4.88 Å². The van der Waals surface area contributed by atoms with Gasteiger partial charge in [0.2, 0.25) is 0 Å². The Morgan fingerprint density at radius 1 is 1.12 bits per heavy atom. The topological polar surface area (TPSA) is 98.5 Å². The molecule has 1 amide bonds. The van der Waals surface area contributed by atoms with Crippen LogP contribution in [0.2, 0.25) is 0 Å². The van der Waals surface area contributed by atoms with Crippen LogP contribution in [-0.2, 0) is 16.1 Å². The van der Waals surface area contributed by atoms with Gasteiger partial charge in [-0.25, -0.2) is 4.79 Å². The number of nitro groups is 1. The first-order valence-electron chi connectivity index (χ1n) is 7.68. The minimum Gasteiger partial charge on any atom is -0.451 e. The fourth-order valence-electron chi connectivity index (χ4n) is 2.29. The Morgan fingerprint density at radius 2 is 1.88 bits per heavy atom. The van der Waals surface area contributed by atoms with Crippen LogP contribution in [0, 0.1) is 10.1 Å². The van der Waals surface area contributed by atoms with Gasteiger partial charge in [-0.3, -0.25) is 14.9 Å². The summed E-state index contributed by atoms with van der Waals surface area (Å²) in [5.74, 6) is -1.04. The molecule has 0 aliphatic carbocycles. The molecule has 3 aromatic rings. The standard InChI is InChI=1S/C18H14N2O5S/c21-17(19-10-12-4-2-1-3-5-12)11-25-18(22)16-9-13-8-14(20(23)24)6-7-15(13)26-16/h1-9H,10-11H2,(H,19,21). The summed E-state index contributed by atoms with van der Waals surface area (Å²) in [4.78, 5) is 34.5. The summed E-state index contributed by atoms with van der Waals surface area (Å²) in [5, 5.41) is 14.1. The first-order valence-corrected chi connectivity index (χ1v) is 8.50. The first-order chi connectivity index (χ1) is 12.5. The number of amides is 1. The second kappa shape index (κ2) is 7.75. The summed E-state index contributed by atoms with van der Waals surface area (Å²) in [6.07, 6.45) is 0. The van der Waals surface area contributed by atoms with E-state index in [0.717, 1.165) is 21.6 Å². The molecular weight excluding hydrogens is 356 g/mol. The van der Waals surface area contributed by atoms with Gasteiger partial charge in [0.15, 0.2) is 6.61 Å². The van der Waals surface area contributed by atoms with E-state index < -0.39 is 16.8 Å². The van der Waals surface area contributed by atoms with Crippen LogP contribution in [0.1, 0.15) is 15.2 Å². The van der Waals surface area contributed by atoms with Crippen LogP contribution in [0.15, 0.2) is 54.6 Å². The van der Waals surface area contributed by atoms with Crippen molar-refractivity contribution in [1.82, 2.24) is 5.32 Å². The van der Waals surface area contributed by atoms with E-state index in [1.165, 1.54) is 18.2 Å². The van der Waals surface area contributed by atoms with E-state index in [0.29, 0.717) is 11.9 Å². The number of fused-ring (bicyclic) bond motifs is 1. The average molecular weight is 370 g/mol. The van der Waals surface area contributed by atoms with E-state index in [-0.39, 0.29) is 17.2 Å². The zero-order chi connectivity index (χ0) is 18.5. The molecule has 132 valence electrons. The maximum atomic E-state index is 12.1. The number of non-ortho nitro benzene ring substituents is 1. The molecule has 2 aromatic carbocycles. The number of rotatable bonds is 6. The van der Waals surface area contributed by atoms with Crippen LogP contribution < -0.4 is 5.32 Å². The van der Waals surface area contributed by atoms with Gasteiger partial charge in [-0.1, -0.05) is 30.3 Å². The summed E-state index contributed by atoms with van der Waals surface area (Å²) < 4.78 is 5.74. The summed E-state index contributed by atoms with van der Waals surface area (Å²) >= 11 is 1.16. The van der Waals surface area contributed by atoms with Crippen molar-refractivity contribution < 1.29 is 19.2 Å². The van der Waals surface area contributed by atoms with Crippen molar-refractivity contribution in [1.29, 1.82) is 0 Å². The summed E-state index contributed by atoms with van der Waals surface area (Å²) in [6, 6.07) is 15.3. The molecule has 0 saturated heterocycles. The Hall–Kier alpha value is -3.26. The highest BCUT2D eigenvalue weighted by molar-refractivity contribution is 7.20. The van der Waals surface area contributed by atoms with Gasteiger partial charge in [0.05, 0.1) is 4.92 Å². The largest absolute Gasteiger partial charge is 0.451 e. The van der Waals surface area contributed by atoms with Crippen LogP contribution in [0.25, 0.3) is 10.1 Å². The number of carbonyl (C=O) groups excluding carboxylic acids is 2. The minimum absolute atomic E-state index is 0.0458. The van der Waals surface area contributed by atoms with Crippen LogP contribution >= 0.6 is 11.3 Å². The summed E-state index contributed by atoms with van der Waals surface area (Å²) in [7, 11) is 0. The number of carbonyl (C=O) groups is 2.